The van der Waals surface area contributed by atoms with Crippen molar-refractivity contribution in [2.45, 2.75) is 20.4 Å². The first-order valence-electron chi connectivity index (χ1n) is 4.91. The molecule has 0 bridgehead atoms. The largest absolute Gasteiger partial charge is 0.507 e. The van der Waals surface area contributed by atoms with Gasteiger partial charge in [-0.15, -0.1) is 0 Å². The molecule has 4 heteroatoms. The number of aromatic hydroxyl groups is 1. The molecule has 4 nitrogen and oxygen atoms in total. The van der Waals surface area contributed by atoms with Gasteiger partial charge in [-0.2, -0.15) is 0 Å². The Morgan fingerprint density at radius 1 is 1.47 bits per heavy atom. The lowest BCUT2D eigenvalue weighted by Gasteiger charge is -2.04. The summed E-state index contributed by atoms with van der Waals surface area (Å²) < 4.78 is 6.59. The van der Waals surface area contributed by atoms with Gasteiger partial charge in [-0.05, 0) is 18.1 Å². The van der Waals surface area contributed by atoms with Crippen LogP contribution in [0.1, 0.15) is 13.8 Å². The van der Waals surface area contributed by atoms with Crippen molar-refractivity contribution in [1.29, 1.82) is 0 Å². The van der Waals surface area contributed by atoms with E-state index in [0.29, 0.717) is 18.0 Å². The standard InChI is InChI=1S/C11H13NO3/c1-7(2)6-12-8-4-3-5-9(13)10(8)11(14)15-12/h3-5,7,13H,6H2,1-2H3. The van der Waals surface area contributed by atoms with Crippen molar-refractivity contribution in [3.63, 3.8) is 0 Å². The summed E-state index contributed by atoms with van der Waals surface area (Å²) in [6, 6.07) is 4.95. The van der Waals surface area contributed by atoms with Gasteiger partial charge in [0, 0.05) is 0 Å². The fourth-order valence-electron chi connectivity index (χ4n) is 1.61. The summed E-state index contributed by atoms with van der Waals surface area (Å²) in [5.74, 6) is 0.356. The van der Waals surface area contributed by atoms with Crippen LogP contribution in [0.4, 0.5) is 0 Å². The van der Waals surface area contributed by atoms with Crippen LogP contribution in [-0.4, -0.2) is 9.85 Å². The summed E-state index contributed by atoms with van der Waals surface area (Å²) in [4.78, 5) is 11.5. The molecule has 2 aromatic rings. The molecule has 0 aliphatic rings. The number of hydrogen-bond donors (Lipinski definition) is 1. The second kappa shape index (κ2) is 3.46. The Morgan fingerprint density at radius 2 is 2.20 bits per heavy atom. The van der Waals surface area contributed by atoms with E-state index in [1.54, 1.807) is 12.1 Å². The van der Waals surface area contributed by atoms with Gasteiger partial charge in [0.2, 0.25) is 0 Å². The minimum atomic E-state index is -0.483. The van der Waals surface area contributed by atoms with Gasteiger partial charge in [-0.1, -0.05) is 19.9 Å². The molecule has 15 heavy (non-hydrogen) atoms. The smallest absolute Gasteiger partial charge is 0.369 e. The lowest BCUT2D eigenvalue weighted by atomic mass is 10.2. The number of phenolic OH excluding ortho intramolecular Hbond substituents is 1. The summed E-state index contributed by atoms with van der Waals surface area (Å²) in [7, 11) is 0. The number of nitrogens with zero attached hydrogens (tertiary/aromatic N) is 1. The maximum atomic E-state index is 11.5. The Bertz CT molecular complexity index is 536. The van der Waals surface area contributed by atoms with Gasteiger partial charge in [0.1, 0.15) is 11.1 Å². The minimum absolute atomic E-state index is 0.0243. The molecule has 1 heterocycles. The van der Waals surface area contributed by atoms with Crippen molar-refractivity contribution in [1.82, 2.24) is 4.74 Å². The highest BCUT2D eigenvalue weighted by atomic mass is 16.5. The van der Waals surface area contributed by atoms with E-state index in [0.717, 1.165) is 0 Å². The summed E-state index contributed by atoms with van der Waals surface area (Å²) >= 11 is 0. The quantitative estimate of drug-likeness (QED) is 0.818. The molecule has 0 atom stereocenters. The summed E-state index contributed by atoms with van der Waals surface area (Å²) in [6.45, 7) is 4.70. The zero-order valence-corrected chi connectivity index (χ0v) is 8.73. The number of benzene rings is 1. The maximum absolute atomic E-state index is 11.5. The maximum Gasteiger partial charge on any atom is 0.369 e. The van der Waals surface area contributed by atoms with E-state index >= 15 is 0 Å². The highest BCUT2D eigenvalue weighted by Crippen LogP contribution is 2.21. The summed E-state index contributed by atoms with van der Waals surface area (Å²) in [6.07, 6.45) is 0. The van der Waals surface area contributed by atoms with E-state index in [9.17, 15) is 9.90 Å². The Morgan fingerprint density at radius 3 is 2.87 bits per heavy atom. The van der Waals surface area contributed by atoms with E-state index in [1.807, 2.05) is 13.8 Å². The molecule has 0 saturated carbocycles. The van der Waals surface area contributed by atoms with Crippen LogP contribution < -0.4 is 5.63 Å². The normalized spacial score (nSPS) is 11.4. The van der Waals surface area contributed by atoms with Crippen molar-refractivity contribution in [3.8, 4) is 5.75 Å². The number of fused-ring (bicyclic) bond motifs is 1. The third-order valence-corrected chi connectivity index (χ3v) is 2.22. The molecule has 0 unspecified atom stereocenters. The Labute approximate surface area is 86.7 Å². The number of phenols is 1. The third-order valence-electron chi connectivity index (χ3n) is 2.22. The molecule has 0 radical (unpaired) electrons. The highest BCUT2D eigenvalue weighted by molar-refractivity contribution is 5.83. The Balaban J connectivity index is 2.68. The van der Waals surface area contributed by atoms with Crippen LogP contribution in [0.3, 0.4) is 0 Å². The van der Waals surface area contributed by atoms with Gasteiger partial charge in [0.15, 0.2) is 0 Å². The van der Waals surface area contributed by atoms with Crippen LogP contribution in [0, 0.1) is 5.92 Å². The fourth-order valence-corrected chi connectivity index (χ4v) is 1.61. The van der Waals surface area contributed by atoms with Gasteiger partial charge in [-0.3, -0.25) is 0 Å². The molecular weight excluding hydrogens is 194 g/mol. The number of hydrogen-bond acceptors (Lipinski definition) is 3. The number of rotatable bonds is 2. The first-order chi connectivity index (χ1) is 7.09. The second-order valence-corrected chi connectivity index (χ2v) is 4.00. The molecule has 0 aliphatic heterocycles. The van der Waals surface area contributed by atoms with E-state index in [1.165, 1.54) is 10.8 Å². The second-order valence-electron chi connectivity index (χ2n) is 4.00. The molecule has 0 aliphatic carbocycles. The number of aromatic nitrogens is 1. The lowest BCUT2D eigenvalue weighted by Crippen LogP contribution is -2.03. The van der Waals surface area contributed by atoms with Crippen molar-refractivity contribution >= 4 is 10.9 Å². The molecule has 0 amide bonds. The lowest BCUT2D eigenvalue weighted by molar-refractivity contribution is 0.238. The van der Waals surface area contributed by atoms with Crippen molar-refractivity contribution in [2.75, 3.05) is 0 Å². The topological polar surface area (TPSA) is 55.4 Å². The molecule has 2 rings (SSSR count). The van der Waals surface area contributed by atoms with E-state index in [-0.39, 0.29) is 11.1 Å². The zero-order chi connectivity index (χ0) is 11.0. The van der Waals surface area contributed by atoms with Gasteiger partial charge in [0.05, 0.1) is 12.1 Å². The van der Waals surface area contributed by atoms with Crippen molar-refractivity contribution in [2.24, 2.45) is 5.92 Å². The fraction of sp³-hybridized carbons (Fsp3) is 0.364. The van der Waals surface area contributed by atoms with Gasteiger partial charge in [-0.25, -0.2) is 9.53 Å². The molecule has 0 saturated heterocycles. The first-order valence-corrected chi connectivity index (χ1v) is 4.91. The van der Waals surface area contributed by atoms with Crippen LogP contribution in [-0.2, 0) is 6.54 Å². The van der Waals surface area contributed by atoms with Gasteiger partial charge in [0.25, 0.3) is 0 Å². The van der Waals surface area contributed by atoms with Gasteiger partial charge >= 0.3 is 5.63 Å². The molecule has 0 spiro atoms. The van der Waals surface area contributed by atoms with Gasteiger partial charge < -0.3 is 9.63 Å². The highest BCUT2D eigenvalue weighted by Gasteiger charge is 2.12. The van der Waals surface area contributed by atoms with E-state index < -0.39 is 5.63 Å². The molecule has 1 aromatic heterocycles. The van der Waals surface area contributed by atoms with E-state index in [2.05, 4.69) is 0 Å². The summed E-state index contributed by atoms with van der Waals surface area (Å²) in [5, 5.41) is 9.79. The average molecular weight is 207 g/mol. The predicted molar refractivity (Wildman–Crippen MR) is 57.0 cm³/mol. The van der Waals surface area contributed by atoms with Crippen LogP contribution in [0.2, 0.25) is 0 Å². The molecule has 0 fully saturated rings. The Hall–Kier alpha value is -1.71. The summed E-state index contributed by atoms with van der Waals surface area (Å²) in [5.41, 5.74) is 0.164. The van der Waals surface area contributed by atoms with E-state index in [4.69, 9.17) is 4.52 Å². The first kappa shape index (κ1) is 9.83. The zero-order valence-electron chi connectivity index (χ0n) is 8.73. The monoisotopic (exact) mass is 207 g/mol. The SMILES string of the molecule is CC(C)Cn1oc(=O)c2c(O)cccc21. The van der Waals surface area contributed by atoms with Crippen molar-refractivity contribution in [3.05, 3.63) is 28.6 Å². The van der Waals surface area contributed by atoms with Crippen LogP contribution in [0.15, 0.2) is 27.5 Å². The molecule has 1 N–H and O–H groups in total. The molecule has 80 valence electrons. The minimum Gasteiger partial charge on any atom is -0.507 e. The third kappa shape index (κ3) is 1.63. The predicted octanol–water partition coefficient (Wildman–Crippen LogP) is 1.96. The van der Waals surface area contributed by atoms with Crippen molar-refractivity contribution < 1.29 is 9.63 Å². The average Bonchev–Trinajstić information content (AvgIpc) is 2.44. The van der Waals surface area contributed by atoms with Crippen LogP contribution >= 0.6 is 0 Å². The Kier molecular flexibility index (Phi) is 2.26. The molecular formula is C11H13NO3. The van der Waals surface area contributed by atoms with Crippen LogP contribution in [0.25, 0.3) is 10.9 Å². The van der Waals surface area contributed by atoms with Crippen LogP contribution in [0.5, 0.6) is 5.75 Å². The molecule has 1 aromatic carbocycles.